The third-order valence-electron chi connectivity index (χ3n) is 5.35. The molecular formula is C25H15FO2S3. The van der Waals surface area contributed by atoms with Gasteiger partial charge in [-0.3, -0.25) is 0 Å². The van der Waals surface area contributed by atoms with Crippen LogP contribution in [0.4, 0.5) is 4.39 Å². The molecule has 31 heavy (non-hydrogen) atoms. The Morgan fingerprint density at radius 2 is 1.68 bits per heavy atom. The Morgan fingerprint density at radius 3 is 2.58 bits per heavy atom. The van der Waals surface area contributed by atoms with Gasteiger partial charge < -0.3 is 9.47 Å². The summed E-state index contributed by atoms with van der Waals surface area (Å²) < 4.78 is 30.2. The molecule has 0 spiro atoms. The molecule has 0 fully saturated rings. The lowest BCUT2D eigenvalue weighted by atomic mass is 10.0. The van der Waals surface area contributed by atoms with Gasteiger partial charge in [0.1, 0.15) is 23.1 Å². The molecule has 0 amide bonds. The van der Waals surface area contributed by atoms with E-state index in [-0.39, 0.29) is 5.82 Å². The van der Waals surface area contributed by atoms with Crippen LogP contribution in [0.15, 0.2) is 70.7 Å². The molecule has 6 aromatic rings. The van der Waals surface area contributed by atoms with Gasteiger partial charge in [0.2, 0.25) is 0 Å². The predicted molar refractivity (Wildman–Crippen MR) is 131 cm³/mol. The number of ether oxygens (including phenoxy) is 2. The molecule has 0 bridgehead atoms. The van der Waals surface area contributed by atoms with Crippen molar-refractivity contribution in [1.82, 2.24) is 0 Å². The topological polar surface area (TPSA) is 18.5 Å². The minimum atomic E-state index is -0.268. The minimum Gasteiger partial charge on any atom is -0.496 e. The van der Waals surface area contributed by atoms with Gasteiger partial charge in [0.15, 0.2) is 0 Å². The lowest BCUT2D eigenvalue weighted by molar-refractivity contribution is 0.420. The third kappa shape index (κ3) is 3.10. The Morgan fingerprint density at radius 1 is 0.774 bits per heavy atom. The zero-order valence-electron chi connectivity index (χ0n) is 16.3. The van der Waals surface area contributed by atoms with Crippen LogP contribution in [-0.4, -0.2) is 7.11 Å². The van der Waals surface area contributed by atoms with Crippen molar-refractivity contribution in [2.24, 2.45) is 0 Å². The van der Waals surface area contributed by atoms with E-state index in [2.05, 4.69) is 11.4 Å². The number of rotatable bonds is 4. The Bertz CT molecular complexity index is 1570. The number of thiophene rings is 3. The summed E-state index contributed by atoms with van der Waals surface area (Å²) in [4.78, 5) is 0. The van der Waals surface area contributed by atoms with Crippen LogP contribution in [0.1, 0.15) is 0 Å². The van der Waals surface area contributed by atoms with Crippen molar-refractivity contribution in [2.45, 2.75) is 0 Å². The minimum absolute atomic E-state index is 0.268. The summed E-state index contributed by atoms with van der Waals surface area (Å²) in [5.74, 6) is 1.92. The molecule has 0 saturated carbocycles. The molecule has 0 atom stereocenters. The summed E-state index contributed by atoms with van der Waals surface area (Å²) in [6.07, 6.45) is 0. The molecule has 0 aliphatic heterocycles. The molecule has 152 valence electrons. The lowest BCUT2D eigenvalue weighted by Gasteiger charge is -2.08. The molecule has 3 heterocycles. The van der Waals surface area contributed by atoms with Crippen molar-refractivity contribution in [3.8, 4) is 28.4 Å². The Labute approximate surface area is 189 Å². The first-order chi connectivity index (χ1) is 15.2. The van der Waals surface area contributed by atoms with E-state index < -0.39 is 0 Å². The second-order valence-corrected chi connectivity index (χ2v) is 9.90. The van der Waals surface area contributed by atoms with E-state index in [1.165, 1.54) is 10.1 Å². The highest BCUT2D eigenvalue weighted by molar-refractivity contribution is 7.18. The molecule has 0 N–H and O–H groups in total. The molecule has 0 aliphatic rings. The zero-order valence-corrected chi connectivity index (χ0v) is 18.8. The molecule has 3 aromatic heterocycles. The summed E-state index contributed by atoms with van der Waals surface area (Å²) in [5.41, 5.74) is 1.44. The van der Waals surface area contributed by atoms with Crippen molar-refractivity contribution in [2.75, 3.05) is 7.11 Å². The highest BCUT2D eigenvalue weighted by atomic mass is 32.1. The number of hydrogen-bond acceptors (Lipinski definition) is 5. The normalized spacial score (nSPS) is 11.5. The SMILES string of the molecule is COc1cccc2scc(-c3cc4scc(Oc5ccc6ccsc6c5)c4cc3F)c12. The van der Waals surface area contributed by atoms with Gasteiger partial charge in [0.25, 0.3) is 0 Å². The van der Waals surface area contributed by atoms with E-state index in [4.69, 9.17) is 9.47 Å². The highest BCUT2D eigenvalue weighted by Gasteiger charge is 2.17. The number of benzene rings is 3. The van der Waals surface area contributed by atoms with E-state index in [1.807, 2.05) is 53.2 Å². The van der Waals surface area contributed by atoms with Crippen LogP contribution in [-0.2, 0) is 0 Å². The maximum atomic E-state index is 15.3. The van der Waals surface area contributed by atoms with Crippen LogP contribution in [0.25, 0.3) is 41.4 Å². The molecule has 0 radical (unpaired) electrons. The van der Waals surface area contributed by atoms with Gasteiger partial charge in [-0.2, -0.15) is 0 Å². The molecular weight excluding hydrogens is 447 g/mol. The maximum Gasteiger partial charge on any atom is 0.146 e. The van der Waals surface area contributed by atoms with Crippen molar-refractivity contribution in [3.05, 3.63) is 76.6 Å². The van der Waals surface area contributed by atoms with Crippen LogP contribution < -0.4 is 9.47 Å². The number of fused-ring (bicyclic) bond motifs is 3. The van der Waals surface area contributed by atoms with E-state index in [9.17, 15) is 0 Å². The summed E-state index contributed by atoms with van der Waals surface area (Å²) in [6.45, 7) is 0. The van der Waals surface area contributed by atoms with Crippen LogP contribution in [0.3, 0.4) is 0 Å². The van der Waals surface area contributed by atoms with Crippen molar-refractivity contribution in [1.29, 1.82) is 0 Å². The summed E-state index contributed by atoms with van der Waals surface area (Å²) >= 11 is 4.83. The first kappa shape index (κ1) is 18.8. The Balaban J connectivity index is 1.44. The molecule has 3 aromatic carbocycles. The van der Waals surface area contributed by atoms with Crippen LogP contribution in [0.2, 0.25) is 0 Å². The standard InChI is InChI=1S/C25H15FO2S3/c1-27-20-3-2-4-22-25(20)18(12-30-22)16-11-24-17(10-19(16)26)21(13-31-24)28-15-6-5-14-7-8-29-23(14)9-15/h2-13H,1H3. The Kier molecular flexibility index (Phi) is 4.45. The predicted octanol–water partition coefficient (Wildman–Crippen LogP) is 8.94. The van der Waals surface area contributed by atoms with Crippen molar-refractivity contribution >= 4 is 64.3 Å². The summed E-state index contributed by atoms with van der Waals surface area (Å²) in [6, 6.07) is 17.5. The largest absolute Gasteiger partial charge is 0.496 e. The average Bonchev–Trinajstić information content (AvgIpc) is 3.51. The lowest BCUT2D eigenvalue weighted by Crippen LogP contribution is -1.88. The quantitative estimate of drug-likeness (QED) is 0.260. The zero-order chi connectivity index (χ0) is 20.9. The first-order valence-electron chi connectivity index (χ1n) is 9.62. The average molecular weight is 463 g/mol. The number of hydrogen-bond donors (Lipinski definition) is 0. The number of methoxy groups -OCH3 is 1. The van der Waals surface area contributed by atoms with E-state index in [0.717, 1.165) is 37.2 Å². The monoisotopic (exact) mass is 462 g/mol. The highest BCUT2D eigenvalue weighted by Crippen LogP contribution is 2.44. The second kappa shape index (κ2) is 7.34. The van der Waals surface area contributed by atoms with Crippen molar-refractivity contribution < 1.29 is 13.9 Å². The van der Waals surface area contributed by atoms with Gasteiger partial charge in [-0.05, 0) is 59.3 Å². The van der Waals surface area contributed by atoms with Gasteiger partial charge in [0, 0.05) is 46.8 Å². The van der Waals surface area contributed by atoms with Gasteiger partial charge in [-0.15, -0.1) is 34.0 Å². The second-order valence-electron chi connectivity index (χ2n) is 7.13. The van der Waals surface area contributed by atoms with E-state index in [1.54, 1.807) is 47.2 Å². The van der Waals surface area contributed by atoms with E-state index in [0.29, 0.717) is 11.3 Å². The van der Waals surface area contributed by atoms with Gasteiger partial charge in [-0.25, -0.2) is 4.39 Å². The fourth-order valence-corrected chi connectivity index (χ4v) is 6.53. The molecule has 0 unspecified atom stereocenters. The maximum absolute atomic E-state index is 15.3. The fourth-order valence-electron chi connectivity index (χ4n) is 3.86. The van der Waals surface area contributed by atoms with E-state index >= 15 is 4.39 Å². The van der Waals surface area contributed by atoms with Crippen LogP contribution in [0, 0.1) is 5.82 Å². The molecule has 2 nitrogen and oxygen atoms in total. The Hall–Kier alpha value is -2.93. The first-order valence-corrected chi connectivity index (χ1v) is 12.3. The molecule has 0 aliphatic carbocycles. The third-order valence-corrected chi connectivity index (χ3v) is 8.11. The van der Waals surface area contributed by atoms with Crippen LogP contribution >= 0.6 is 34.0 Å². The van der Waals surface area contributed by atoms with Crippen LogP contribution in [0.5, 0.6) is 17.2 Å². The van der Waals surface area contributed by atoms with Gasteiger partial charge in [-0.1, -0.05) is 6.07 Å². The van der Waals surface area contributed by atoms with Gasteiger partial charge in [0.05, 0.1) is 7.11 Å². The molecule has 6 rings (SSSR count). The van der Waals surface area contributed by atoms with Gasteiger partial charge >= 0.3 is 0 Å². The number of halogens is 1. The fraction of sp³-hybridized carbons (Fsp3) is 0.0400. The molecule has 6 heteroatoms. The summed E-state index contributed by atoms with van der Waals surface area (Å²) in [5, 5.41) is 8.93. The smallest absolute Gasteiger partial charge is 0.146 e. The molecule has 0 saturated heterocycles. The summed E-state index contributed by atoms with van der Waals surface area (Å²) in [7, 11) is 1.65. The van der Waals surface area contributed by atoms with Crippen molar-refractivity contribution in [3.63, 3.8) is 0 Å².